The van der Waals surface area contributed by atoms with E-state index in [2.05, 4.69) is 10.1 Å². The number of aliphatic hydroxyl groups is 1. The molecule has 23 heavy (non-hydrogen) atoms. The van der Waals surface area contributed by atoms with Gasteiger partial charge in [-0.3, -0.25) is 0 Å². The zero-order chi connectivity index (χ0) is 17.0. The fraction of sp³-hybridized carbons (Fsp3) is 0.562. The molecule has 0 spiro atoms. The summed E-state index contributed by atoms with van der Waals surface area (Å²) in [6, 6.07) is 4.52. The number of benzene rings is 1. The number of urea groups is 1. The van der Waals surface area contributed by atoms with Crippen molar-refractivity contribution in [2.45, 2.75) is 39.5 Å². The molecule has 2 N–H and O–H groups in total. The number of rotatable bonds is 4. The highest BCUT2D eigenvalue weighted by molar-refractivity contribution is 5.74. The van der Waals surface area contributed by atoms with Crippen molar-refractivity contribution in [1.82, 2.24) is 10.2 Å². The molecule has 2 atom stereocenters. The topological polar surface area (TPSA) is 61.8 Å². The Kier molecular flexibility index (Phi) is 5.76. The van der Waals surface area contributed by atoms with Crippen LogP contribution in [0.4, 0.5) is 13.6 Å². The van der Waals surface area contributed by atoms with Crippen LogP contribution >= 0.6 is 0 Å². The van der Waals surface area contributed by atoms with Crippen molar-refractivity contribution in [1.29, 1.82) is 0 Å². The Bertz CT molecular complexity index is 554. The first-order valence-electron chi connectivity index (χ1n) is 7.62. The van der Waals surface area contributed by atoms with E-state index >= 15 is 0 Å². The third-order valence-corrected chi connectivity index (χ3v) is 4.07. The molecule has 1 aliphatic heterocycles. The normalized spacial score (nSPS) is 21.4. The highest BCUT2D eigenvalue weighted by atomic mass is 19.3. The number of aryl methyl sites for hydroxylation is 1. The second-order valence-electron chi connectivity index (χ2n) is 5.93. The van der Waals surface area contributed by atoms with Crippen molar-refractivity contribution in [2.24, 2.45) is 5.92 Å². The van der Waals surface area contributed by atoms with E-state index in [-0.39, 0.29) is 30.8 Å². The molecule has 0 radical (unpaired) electrons. The average Bonchev–Trinajstić information content (AvgIpc) is 2.49. The Hall–Kier alpha value is -1.89. The number of halogens is 2. The highest BCUT2D eigenvalue weighted by Crippen LogP contribution is 2.22. The van der Waals surface area contributed by atoms with Crippen molar-refractivity contribution >= 4 is 6.03 Å². The van der Waals surface area contributed by atoms with Gasteiger partial charge in [-0.05, 0) is 25.3 Å². The Labute approximate surface area is 134 Å². The van der Waals surface area contributed by atoms with Crippen LogP contribution in [-0.4, -0.2) is 41.8 Å². The van der Waals surface area contributed by atoms with Crippen LogP contribution in [0, 0.1) is 12.8 Å². The van der Waals surface area contributed by atoms with Crippen molar-refractivity contribution in [3.05, 3.63) is 29.3 Å². The summed E-state index contributed by atoms with van der Waals surface area (Å²) in [7, 11) is 0. The molecular weight excluding hydrogens is 306 g/mol. The van der Waals surface area contributed by atoms with Gasteiger partial charge in [-0.25, -0.2) is 4.79 Å². The first-order chi connectivity index (χ1) is 10.9. The minimum absolute atomic E-state index is 0.0539. The molecule has 0 aromatic heterocycles. The molecule has 2 rings (SSSR count). The summed E-state index contributed by atoms with van der Waals surface area (Å²) >= 11 is 0. The molecule has 1 aromatic rings. The number of likely N-dealkylation sites (tertiary alicyclic amines) is 1. The van der Waals surface area contributed by atoms with Gasteiger partial charge in [-0.2, -0.15) is 8.78 Å². The predicted molar refractivity (Wildman–Crippen MR) is 81.4 cm³/mol. The minimum atomic E-state index is -2.91. The number of β-amino-alcohol motifs (C(OH)–C–C–N with tert-alkyl or cyclic N) is 1. The zero-order valence-electron chi connectivity index (χ0n) is 13.3. The van der Waals surface area contributed by atoms with Crippen LogP contribution in [0.15, 0.2) is 18.2 Å². The maximum atomic E-state index is 12.4. The molecule has 2 unspecified atom stereocenters. The number of ether oxygens (including phenoxy) is 1. The lowest BCUT2D eigenvalue weighted by molar-refractivity contribution is -0.0504. The Morgan fingerprint density at radius 3 is 2.91 bits per heavy atom. The van der Waals surface area contributed by atoms with Gasteiger partial charge in [0.05, 0.1) is 6.10 Å². The van der Waals surface area contributed by atoms with Crippen molar-refractivity contribution in [3.63, 3.8) is 0 Å². The molecule has 1 saturated heterocycles. The molecule has 1 aromatic carbocycles. The molecule has 0 aliphatic carbocycles. The maximum Gasteiger partial charge on any atom is 0.387 e. The van der Waals surface area contributed by atoms with E-state index in [0.29, 0.717) is 12.1 Å². The third kappa shape index (κ3) is 4.79. The van der Waals surface area contributed by atoms with E-state index in [0.717, 1.165) is 12.0 Å². The first kappa shape index (κ1) is 17.5. The van der Waals surface area contributed by atoms with E-state index in [1.807, 2.05) is 13.8 Å². The number of alkyl halides is 2. The van der Waals surface area contributed by atoms with Crippen LogP contribution < -0.4 is 10.1 Å². The molecule has 128 valence electrons. The molecule has 1 aliphatic rings. The number of hydrogen-bond acceptors (Lipinski definition) is 3. The summed E-state index contributed by atoms with van der Waals surface area (Å²) in [5.41, 5.74) is 1.38. The molecule has 1 heterocycles. The second kappa shape index (κ2) is 7.59. The number of amides is 2. The van der Waals surface area contributed by atoms with Crippen molar-refractivity contribution < 1.29 is 23.4 Å². The van der Waals surface area contributed by atoms with Gasteiger partial charge in [0.2, 0.25) is 0 Å². The van der Waals surface area contributed by atoms with Gasteiger partial charge in [0, 0.05) is 25.2 Å². The number of nitrogens with zero attached hydrogens (tertiary/aromatic N) is 1. The van der Waals surface area contributed by atoms with E-state index in [9.17, 15) is 18.7 Å². The molecule has 2 amide bonds. The van der Waals surface area contributed by atoms with Gasteiger partial charge in [0.15, 0.2) is 0 Å². The van der Waals surface area contributed by atoms with Gasteiger partial charge >= 0.3 is 12.6 Å². The van der Waals surface area contributed by atoms with E-state index in [1.165, 1.54) is 11.0 Å². The average molecular weight is 328 g/mol. The van der Waals surface area contributed by atoms with Gasteiger partial charge in [0.25, 0.3) is 0 Å². The largest absolute Gasteiger partial charge is 0.434 e. The predicted octanol–water partition coefficient (Wildman–Crippen LogP) is 2.51. The Morgan fingerprint density at radius 1 is 1.52 bits per heavy atom. The molecular formula is C16H22F2N2O3. The SMILES string of the molecule is Cc1ccc(OC(F)F)c(CNC(=O)N2CCC(C)C(O)C2)c1. The summed E-state index contributed by atoms with van der Waals surface area (Å²) in [6.45, 7) is 1.80. The third-order valence-electron chi connectivity index (χ3n) is 4.07. The van der Waals surface area contributed by atoms with E-state index in [1.54, 1.807) is 12.1 Å². The van der Waals surface area contributed by atoms with Crippen LogP contribution in [0.2, 0.25) is 0 Å². The number of piperidine rings is 1. The first-order valence-corrected chi connectivity index (χ1v) is 7.62. The molecule has 5 nitrogen and oxygen atoms in total. The van der Waals surface area contributed by atoms with Gasteiger partial charge < -0.3 is 20.1 Å². The van der Waals surface area contributed by atoms with Crippen LogP contribution in [0.25, 0.3) is 0 Å². The van der Waals surface area contributed by atoms with Gasteiger partial charge in [-0.1, -0.05) is 24.6 Å². The van der Waals surface area contributed by atoms with Gasteiger partial charge in [-0.15, -0.1) is 0 Å². The fourth-order valence-electron chi connectivity index (χ4n) is 2.57. The lowest BCUT2D eigenvalue weighted by Crippen LogP contribution is -2.49. The van der Waals surface area contributed by atoms with Crippen LogP contribution in [0.3, 0.4) is 0 Å². The number of nitrogens with one attached hydrogen (secondary N) is 1. The number of carbonyl (C=O) groups is 1. The zero-order valence-corrected chi connectivity index (χ0v) is 13.3. The number of hydrogen-bond donors (Lipinski definition) is 2. The summed E-state index contributed by atoms with van der Waals surface area (Å²) in [5.74, 6) is 0.222. The summed E-state index contributed by atoms with van der Waals surface area (Å²) in [5, 5.41) is 12.5. The lowest BCUT2D eigenvalue weighted by Gasteiger charge is -2.34. The summed E-state index contributed by atoms with van der Waals surface area (Å²) in [4.78, 5) is 13.7. The molecule has 0 bridgehead atoms. The highest BCUT2D eigenvalue weighted by Gasteiger charge is 2.27. The smallest absolute Gasteiger partial charge is 0.387 e. The summed E-state index contributed by atoms with van der Waals surface area (Å²) in [6.07, 6.45) is 0.199. The quantitative estimate of drug-likeness (QED) is 0.893. The Balaban J connectivity index is 1.97. The monoisotopic (exact) mass is 328 g/mol. The number of carbonyl (C=O) groups excluding carboxylic acids is 1. The number of aliphatic hydroxyl groups excluding tert-OH is 1. The fourth-order valence-corrected chi connectivity index (χ4v) is 2.57. The molecule has 1 fully saturated rings. The van der Waals surface area contributed by atoms with Gasteiger partial charge in [0.1, 0.15) is 5.75 Å². The Morgan fingerprint density at radius 2 is 2.26 bits per heavy atom. The van der Waals surface area contributed by atoms with E-state index < -0.39 is 12.7 Å². The maximum absolute atomic E-state index is 12.4. The standard InChI is InChI=1S/C16H22F2N2O3/c1-10-3-4-14(23-15(17)18)12(7-10)8-19-16(22)20-6-5-11(2)13(21)9-20/h3-4,7,11,13,15,21H,5-6,8-9H2,1-2H3,(H,19,22). The minimum Gasteiger partial charge on any atom is -0.434 e. The lowest BCUT2D eigenvalue weighted by atomic mass is 9.96. The van der Waals surface area contributed by atoms with Crippen molar-refractivity contribution in [3.8, 4) is 5.75 Å². The van der Waals surface area contributed by atoms with Crippen LogP contribution in [0.5, 0.6) is 5.75 Å². The molecule has 7 heteroatoms. The van der Waals surface area contributed by atoms with Crippen molar-refractivity contribution in [2.75, 3.05) is 13.1 Å². The second-order valence-corrected chi connectivity index (χ2v) is 5.93. The van der Waals surface area contributed by atoms with E-state index in [4.69, 9.17) is 0 Å². The van der Waals surface area contributed by atoms with Crippen LogP contribution in [-0.2, 0) is 6.54 Å². The molecule has 0 saturated carbocycles. The van der Waals surface area contributed by atoms with Crippen LogP contribution in [0.1, 0.15) is 24.5 Å². The summed E-state index contributed by atoms with van der Waals surface area (Å²) < 4.78 is 29.3.